The highest BCUT2D eigenvalue weighted by Crippen LogP contribution is 2.01. The van der Waals surface area contributed by atoms with Crippen LogP contribution in [-0.4, -0.2) is 42.9 Å². The average Bonchev–Trinajstić information content (AvgIpc) is 2.34. The molecule has 0 saturated carbocycles. The number of amides is 1. The molecular formula is C12H17NO3. The van der Waals surface area contributed by atoms with E-state index in [1.807, 2.05) is 30.3 Å². The largest absolute Gasteiger partial charge is 0.447 e. The van der Waals surface area contributed by atoms with Gasteiger partial charge in [-0.2, -0.15) is 0 Å². The van der Waals surface area contributed by atoms with Gasteiger partial charge in [-0.1, -0.05) is 30.3 Å². The zero-order valence-electron chi connectivity index (χ0n) is 9.43. The summed E-state index contributed by atoms with van der Waals surface area (Å²) in [5.41, 5.74) is 1.18. The fraction of sp³-hybridized carbons (Fsp3) is 0.417. The third-order valence-corrected chi connectivity index (χ3v) is 2.21. The Morgan fingerprint density at radius 2 is 2.06 bits per heavy atom. The lowest BCUT2D eigenvalue weighted by Crippen LogP contribution is -2.30. The molecule has 1 N–H and O–H groups in total. The van der Waals surface area contributed by atoms with Crippen molar-refractivity contribution < 1.29 is 14.6 Å². The smallest absolute Gasteiger partial charge is 0.409 e. The van der Waals surface area contributed by atoms with Gasteiger partial charge in [0.05, 0.1) is 6.61 Å². The summed E-state index contributed by atoms with van der Waals surface area (Å²) in [6, 6.07) is 9.95. The van der Waals surface area contributed by atoms with Gasteiger partial charge in [0.25, 0.3) is 0 Å². The van der Waals surface area contributed by atoms with Crippen molar-refractivity contribution in [3.05, 3.63) is 35.9 Å². The fourth-order valence-corrected chi connectivity index (χ4v) is 1.28. The molecule has 0 aliphatic rings. The maximum atomic E-state index is 11.3. The van der Waals surface area contributed by atoms with Crippen molar-refractivity contribution in [2.24, 2.45) is 0 Å². The molecule has 0 atom stereocenters. The van der Waals surface area contributed by atoms with E-state index >= 15 is 0 Å². The summed E-state index contributed by atoms with van der Waals surface area (Å²) < 4.78 is 4.78. The minimum absolute atomic E-state index is 0.0501. The van der Waals surface area contributed by atoms with Crippen LogP contribution in [0, 0.1) is 0 Å². The molecule has 0 aliphatic heterocycles. The maximum Gasteiger partial charge on any atom is 0.409 e. The van der Waals surface area contributed by atoms with Crippen LogP contribution in [0.4, 0.5) is 4.79 Å². The Labute approximate surface area is 95.5 Å². The molecule has 0 aliphatic carbocycles. The number of carbonyl (C=O) groups excluding carboxylic acids is 1. The van der Waals surface area contributed by atoms with Gasteiger partial charge in [0.2, 0.25) is 0 Å². The van der Waals surface area contributed by atoms with Crippen LogP contribution in [0.2, 0.25) is 0 Å². The molecule has 1 aromatic carbocycles. The highest BCUT2D eigenvalue weighted by molar-refractivity contribution is 5.67. The molecule has 1 rings (SSSR count). The van der Waals surface area contributed by atoms with Crippen LogP contribution in [0.5, 0.6) is 0 Å². The Kier molecular flexibility index (Phi) is 5.36. The van der Waals surface area contributed by atoms with Gasteiger partial charge in [0.15, 0.2) is 0 Å². The van der Waals surface area contributed by atoms with Gasteiger partial charge in [0, 0.05) is 13.6 Å². The monoisotopic (exact) mass is 223 g/mol. The molecule has 0 saturated heterocycles. The Morgan fingerprint density at radius 1 is 1.38 bits per heavy atom. The van der Waals surface area contributed by atoms with Gasteiger partial charge in [-0.3, -0.25) is 0 Å². The van der Waals surface area contributed by atoms with E-state index in [1.54, 1.807) is 7.05 Å². The first-order chi connectivity index (χ1) is 7.74. The number of hydrogen-bond acceptors (Lipinski definition) is 3. The van der Waals surface area contributed by atoms with Crippen molar-refractivity contribution in [2.45, 2.75) is 6.42 Å². The Hall–Kier alpha value is -1.55. The zero-order chi connectivity index (χ0) is 11.8. The number of ether oxygens (including phenoxy) is 1. The SMILES string of the molecule is CN(CCc1ccccc1)C(=O)OCCO. The molecule has 16 heavy (non-hydrogen) atoms. The molecule has 0 heterocycles. The second-order valence-electron chi connectivity index (χ2n) is 3.50. The Balaban J connectivity index is 2.29. The summed E-state index contributed by atoms with van der Waals surface area (Å²) in [7, 11) is 1.68. The number of likely N-dealkylation sites (N-methyl/N-ethyl adjacent to an activating group) is 1. The molecule has 1 amide bonds. The van der Waals surface area contributed by atoms with Crippen LogP contribution in [0.1, 0.15) is 5.56 Å². The number of benzene rings is 1. The third-order valence-electron chi connectivity index (χ3n) is 2.21. The van der Waals surface area contributed by atoms with Crippen LogP contribution in [-0.2, 0) is 11.2 Å². The van der Waals surface area contributed by atoms with E-state index in [0.29, 0.717) is 6.54 Å². The third kappa shape index (κ3) is 4.31. The van der Waals surface area contributed by atoms with E-state index in [2.05, 4.69) is 0 Å². The topological polar surface area (TPSA) is 49.8 Å². The van der Waals surface area contributed by atoms with Crippen LogP contribution >= 0.6 is 0 Å². The molecule has 1 aromatic rings. The summed E-state index contributed by atoms with van der Waals surface area (Å²) in [5, 5.41) is 8.51. The summed E-state index contributed by atoms with van der Waals surface area (Å²) >= 11 is 0. The van der Waals surface area contributed by atoms with E-state index in [1.165, 1.54) is 10.5 Å². The predicted molar refractivity (Wildman–Crippen MR) is 61.2 cm³/mol. The molecule has 0 bridgehead atoms. The number of hydrogen-bond donors (Lipinski definition) is 1. The van der Waals surface area contributed by atoms with Crippen LogP contribution in [0.3, 0.4) is 0 Å². The standard InChI is InChI=1S/C12H17NO3/c1-13(12(15)16-10-9-14)8-7-11-5-3-2-4-6-11/h2-6,14H,7-10H2,1H3. The quantitative estimate of drug-likeness (QED) is 0.818. The number of aliphatic hydroxyl groups is 1. The molecular weight excluding hydrogens is 206 g/mol. The van der Waals surface area contributed by atoms with Crippen molar-refractivity contribution >= 4 is 6.09 Å². The minimum atomic E-state index is -0.398. The Bertz CT molecular complexity index is 313. The lowest BCUT2D eigenvalue weighted by Gasteiger charge is -2.16. The van der Waals surface area contributed by atoms with Crippen molar-refractivity contribution in [1.29, 1.82) is 0 Å². The summed E-state index contributed by atoms with van der Waals surface area (Å²) in [6.45, 7) is 0.515. The summed E-state index contributed by atoms with van der Waals surface area (Å²) in [6.07, 6.45) is 0.399. The van der Waals surface area contributed by atoms with Crippen molar-refractivity contribution in [3.8, 4) is 0 Å². The highest BCUT2D eigenvalue weighted by atomic mass is 16.6. The summed E-state index contributed by atoms with van der Waals surface area (Å²) in [4.78, 5) is 12.8. The number of rotatable bonds is 5. The summed E-state index contributed by atoms with van der Waals surface area (Å²) in [5.74, 6) is 0. The van der Waals surface area contributed by atoms with Crippen LogP contribution in [0.25, 0.3) is 0 Å². The number of nitrogens with zero attached hydrogens (tertiary/aromatic N) is 1. The van der Waals surface area contributed by atoms with Gasteiger partial charge in [-0.25, -0.2) is 4.79 Å². The molecule has 0 spiro atoms. The lowest BCUT2D eigenvalue weighted by atomic mass is 10.1. The highest BCUT2D eigenvalue weighted by Gasteiger charge is 2.08. The molecule has 0 aromatic heterocycles. The van der Waals surface area contributed by atoms with Crippen LogP contribution in [0.15, 0.2) is 30.3 Å². The fourth-order valence-electron chi connectivity index (χ4n) is 1.28. The van der Waals surface area contributed by atoms with Gasteiger partial charge >= 0.3 is 6.09 Å². The number of carbonyl (C=O) groups is 1. The molecule has 0 fully saturated rings. The van der Waals surface area contributed by atoms with Crippen molar-refractivity contribution in [2.75, 3.05) is 26.8 Å². The van der Waals surface area contributed by atoms with Gasteiger partial charge < -0.3 is 14.7 Å². The van der Waals surface area contributed by atoms with Crippen LogP contribution < -0.4 is 0 Å². The predicted octanol–water partition coefficient (Wildman–Crippen LogP) is 1.29. The second-order valence-corrected chi connectivity index (χ2v) is 3.50. The number of aliphatic hydroxyl groups excluding tert-OH is 1. The molecule has 4 nitrogen and oxygen atoms in total. The first kappa shape index (κ1) is 12.5. The normalized spacial score (nSPS) is 9.88. The minimum Gasteiger partial charge on any atom is -0.447 e. The molecule has 0 unspecified atom stereocenters. The van der Waals surface area contributed by atoms with Crippen molar-refractivity contribution in [3.63, 3.8) is 0 Å². The van der Waals surface area contributed by atoms with E-state index in [9.17, 15) is 4.79 Å². The average molecular weight is 223 g/mol. The van der Waals surface area contributed by atoms with E-state index < -0.39 is 6.09 Å². The molecule has 4 heteroatoms. The first-order valence-electron chi connectivity index (χ1n) is 5.26. The molecule has 88 valence electrons. The first-order valence-corrected chi connectivity index (χ1v) is 5.26. The van der Waals surface area contributed by atoms with E-state index in [-0.39, 0.29) is 13.2 Å². The van der Waals surface area contributed by atoms with Gasteiger partial charge in [-0.15, -0.1) is 0 Å². The Morgan fingerprint density at radius 3 is 2.69 bits per heavy atom. The molecule has 0 radical (unpaired) electrons. The van der Waals surface area contributed by atoms with Gasteiger partial charge in [-0.05, 0) is 12.0 Å². The zero-order valence-corrected chi connectivity index (χ0v) is 9.43. The van der Waals surface area contributed by atoms with Crippen molar-refractivity contribution in [1.82, 2.24) is 4.90 Å². The van der Waals surface area contributed by atoms with Gasteiger partial charge in [0.1, 0.15) is 6.61 Å². The maximum absolute atomic E-state index is 11.3. The van der Waals surface area contributed by atoms with E-state index in [4.69, 9.17) is 9.84 Å². The lowest BCUT2D eigenvalue weighted by molar-refractivity contribution is 0.0913. The second kappa shape index (κ2) is 6.85. The van der Waals surface area contributed by atoms with E-state index in [0.717, 1.165) is 6.42 Å².